The average Bonchev–Trinajstić information content (AvgIpc) is 2.43. The van der Waals surface area contributed by atoms with Crippen molar-refractivity contribution in [3.05, 3.63) is 35.9 Å². The minimum absolute atomic E-state index is 0.000330. The van der Waals surface area contributed by atoms with Crippen LogP contribution in [0.1, 0.15) is 26.3 Å². The molecule has 1 aromatic carbocycles. The van der Waals surface area contributed by atoms with Crippen molar-refractivity contribution in [2.24, 2.45) is 0 Å². The fourth-order valence-corrected chi connectivity index (χ4v) is 4.41. The maximum Gasteiger partial charge on any atom is 0.224 e. The van der Waals surface area contributed by atoms with Crippen molar-refractivity contribution in [1.82, 2.24) is 10.6 Å². The predicted molar refractivity (Wildman–Crippen MR) is 95.9 cm³/mol. The molecule has 0 saturated heterocycles. The molecule has 0 aliphatic rings. The number of amides is 2. The smallest absolute Gasteiger partial charge is 0.224 e. The van der Waals surface area contributed by atoms with Crippen molar-refractivity contribution in [3.8, 4) is 0 Å². The Hall–Kier alpha value is -1.14. The molecule has 0 aliphatic carbocycles. The predicted octanol–water partition coefficient (Wildman–Crippen LogP) is 2.64. The standard InChI is InChI=1S/C16H24N2O2S2/c1-12(17-14(3)19)10-21-22-11-13(2)18-16(20)9-15-7-5-4-6-8-15/h4-8,12-13H,9-11H2,1-3H3,(H,17,19)(H,18,20). The minimum Gasteiger partial charge on any atom is -0.353 e. The normalized spacial score (nSPS) is 13.2. The van der Waals surface area contributed by atoms with Gasteiger partial charge in [0.1, 0.15) is 0 Å². The molecule has 0 fully saturated rings. The summed E-state index contributed by atoms with van der Waals surface area (Å²) < 4.78 is 0. The first-order valence-electron chi connectivity index (χ1n) is 7.32. The van der Waals surface area contributed by atoms with E-state index in [1.807, 2.05) is 44.2 Å². The third kappa shape index (κ3) is 9.00. The first-order valence-corrected chi connectivity index (χ1v) is 9.81. The Kier molecular flexibility index (Phi) is 9.08. The third-order valence-electron chi connectivity index (χ3n) is 2.78. The third-order valence-corrected chi connectivity index (χ3v) is 5.54. The number of carbonyl (C=O) groups excluding carboxylic acids is 2. The minimum atomic E-state index is -0.000330. The summed E-state index contributed by atoms with van der Waals surface area (Å²) in [6.45, 7) is 5.52. The zero-order chi connectivity index (χ0) is 16.4. The Balaban J connectivity index is 2.14. The lowest BCUT2D eigenvalue weighted by atomic mass is 10.1. The van der Waals surface area contributed by atoms with Gasteiger partial charge in [-0.25, -0.2) is 0 Å². The fourth-order valence-electron chi connectivity index (χ4n) is 1.84. The van der Waals surface area contributed by atoms with Crippen LogP contribution >= 0.6 is 21.6 Å². The van der Waals surface area contributed by atoms with Crippen LogP contribution in [0.3, 0.4) is 0 Å². The van der Waals surface area contributed by atoms with Crippen molar-refractivity contribution >= 4 is 33.4 Å². The summed E-state index contributed by atoms with van der Waals surface area (Å²) in [5.74, 6) is 1.75. The molecular formula is C16H24N2O2S2. The van der Waals surface area contributed by atoms with Gasteiger partial charge in [0.05, 0.1) is 6.42 Å². The van der Waals surface area contributed by atoms with E-state index in [1.165, 1.54) is 6.92 Å². The Morgan fingerprint density at radius 3 is 2.09 bits per heavy atom. The summed E-state index contributed by atoms with van der Waals surface area (Å²) >= 11 is 0. The second kappa shape index (κ2) is 10.6. The van der Waals surface area contributed by atoms with Gasteiger partial charge in [0.2, 0.25) is 11.8 Å². The van der Waals surface area contributed by atoms with Crippen LogP contribution in [0.25, 0.3) is 0 Å². The number of carbonyl (C=O) groups is 2. The number of hydrogen-bond acceptors (Lipinski definition) is 4. The molecule has 0 spiro atoms. The largest absolute Gasteiger partial charge is 0.353 e. The van der Waals surface area contributed by atoms with Gasteiger partial charge in [0.15, 0.2) is 0 Å². The molecule has 0 aliphatic heterocycles. The SMILES string of the molecule is CC(=O)NC(C)CSSCC(C)NC(=O)Cc1ccccc1. The highest BCUT2D eigenvalue weighted by Gasteiger charge is 2.09. The molecule has 22 heavy (non-hydrogen) atoms. The molecule has 4 nitrogen and oxygen atoms in total. The van der Waals surface area contributed by atoms with Crippen LogP contribution in [0.2, 0.25) is 0 Å². The highest BCUT2D eigenvalue weighted by molar-refractivity contribution is 8.76. The van der Waals surface area contributed by atoms with Crippen molar-refractivity contribution in [2.45, 2.75) is 39.3 Å². The molecule has 2 unspecified atom stereocenters. The summed E-state index contributed by atoms with van der Waals surface area (Å²) in [5, 5.41) is 5.85. The van der Waals surface area contributed by atoms with E-state index in [0.717, 1.165) is 17.1 Å². The maximum absolute atomic E-state index is 11.9. The van der Waals surface area contributed by atoms with Crippen molar-refractivity contribution in [1.29, 1.82) is 0 Å². The Labute approximate surface area is 140 Å². The molecule has 1 rings (SSSR count). The van der Waals surface area contributed by atoms with E-state index in [1.54, 1.807) is 21.6 Å². The van der Waals surface area contributed by atoms with Gasteiger partial charge in [-0.1, -0.05) is 51.9 Å². The van der Waals surface area contributed by atoms with Gasteiger partial charge < -0.3 is 10.6 Å². The van der Waals surface area contributed by atoms with Gasteiger partial charge in [-0.2, -0.15) is 0 Å². The molecule has 1 aromatic rings. The van der Waals surface area contributed by atoms with Gasteiger partial charge in [-0.05, 0) is 19.4 Å². The average molecular weight is 341 g/mol. The van der Waals surface area contributed by atoms with Gasteiger partial charge in [0, 0.05) is 30.5 Å². The molecule has 0 bridgehead atoms. The van der Waals surface area contributed by atoms with Crippen LogP contribution in [-0.4, -0.2) is 35.4 Å². The van der Waals surface area contributed by atoms with Gasteiger partial charge >= 0.3 is 0 Å². The number of nitrogens with one attached hydrogen (secondary N) is 2. The summed E-state index contributed by atoms with van der Waals surface area (Å²) in [6.07, 6.45) is 0.419. The van der Waals surface area contributed by atoms with Crippen molar-refractivity contribution in [2.75, 3.05) is 11.5 Å². The molecule has 0 heterocycles. The fraction of sp³-hybridized carbons (Fsp3) is 0.500. The first-order chi connectivity index (χ1) is 10.5. The summed E-state index contributed by atoms with van der Waals surface area (Å²) in [5.41, 5.74) is 1.03. The monoisotopic (exact) mass is 340 g/mol. The number of hydrogen-bond donors (Lipinski definition) is 2. The maximum atomic E-state index is 11.9. The van der Waals surface area contributed by atoms with Crippen LogP contribution in [-0.2, 0) is 16.0 Å². The molecule has 2 amide bonds. The molecule has 2 atom stereocenters. The number of benzene rings is 1. The molecule has 0 saturated carbocycles. The first kappa shape index (κ1) is 18.9. The topological polar surface area (TPSA) is 58.2 Å². The zero-order valence-corrected chi connectivity index (χ0v) is 14.9. The van der Waals surface area contributed by atoms with E-state index in [0.29, 0.717) is 6.42 Å². The molecule has 122 valence electrons. The molecule has 0 aromatic heterocycles. The van der Waals surface area contributed by atoms with Crippen LogP contribution in [0, 0.1) is 0 Å². The number of rotatable bonds is 9. The van der Waals surface area contributed by atoms with Crippen molar-refractivity contribution in [3.63, 3.8) is 0 Å². The highest BCUT2D eigenvalue weighted by atomic mass is 33.1. The summed E-state index contributed by atoms with van der Waals surface area (Å²) in [7, 11) is 3.43. The van der Waals surface area contributed by atoms with Crippen LogP contribution in [0.15, 0.2) is 30.3 Å². The quantitative estimate of drug-likeness (QED) is 0.536. The lowest BCUT2D eigenvalue weighted by Crippen LogP contribution is -2.35. The van der Waals surface area contributed by atoms with E-state index in [2.05, 4.69) is 10.6 Å². The van der Waals surface area contributed by atoms with Gasteiger partial charge in [0.25, 0.3) is 0 Å². The molecule has 0 radical (unpaired) electrons. The van der Waals surface area contributed by atoms with Gasteiger partial charge in [-0.15, -0.1) is 0 Å². The van der Waals surface area contributed by atoms with Crippen LogP contribution < -0.4 is 10.6 Å². The van der Waals surface area contributed by atoms with Crippen molar-refractivity contribution < 1.29 is 9.59 Å². The van der Waals surface area contributed by atoms with Crippen LogP contribution in [0.4, 0.5) is 0 Å². The Morgan fingerprint density at radius 1 is 1.00 bits per heavy atom. The zero-order valence-electron chi connectivity index (χ0n) is 13.3. The Morgan fingerprint density at radius 2 is 1.55 bits per heavy atom. The highest BCUT2D eigenvalue weighted by Crippen LogP contribution is 2.22. The van der Waals surface area contributed by atoms with Gasteiger partial charge in [-0.3, -0.25) is 9.59 Å². The summed E-state index contributed by atoms with van der Waals surface area (Å²) in [6, 6.07) is 10.0. The van der Waals surface area contributed by atoms with E-state index in [9.17, 15) is 9.59 Å². The lowest BCUT2D eigenvalue weighted by molar-refractivity contribution is -0.121. The second-order valence-corrected chi connectivity index (χ2v) is 7.85. The van der Waals surface area contributed by atoms with E-state index >= 15 is 0 Å². The molecular weight excluding hydrogens is 316 g/mol. The lowest BCUT2D eigenvalue weighted by Gasteiger charge is -2.15. The van der Waals surface area contributed by atoms with E-state index < -0.39 is 0 Å². The molecule has 2 N–H and O–H groups in total. The second-order valence-electron chi connectivity index (χ2n) is 5.30. The van der Waals surface area contributed by atoms with Crippen LogP contribution in [0.5, 0.6) is 0 Å². The van der Waals surface area contributed by atoms with E-state index in [-0.39, 0.29) is 23.9 Å². The summed E-state index contributed by atoms with van der Waals surface area (Å²) in [4.78, 5) is 22.8. The molecule has 6 heteroatoms. The van der Waals surface area contributed by atoms with E-state index in [4.69, 9.17) is 0 Å². The Bertz CT molecular complexity index is 468.